The van der Waals surface area contributed by atoms with Crippen LogP contribution < -0.4 is 4.74 Å². The Labute approximate surface area is 117 Å². The third-order valence-electron chi connectivity index (χ3n) is 2.94. The van der Waals surface area contributed by atoms with Crippen LogP contribution >= 0.6 is 0 Å². The maximum absolute atomic E-state index is 11.4. The molecule has 0 unspecified atom stereocenters. The van der Waals surface area contributed by atoms with E-state index in [4.69, 9.17) is 4.74 Å². The minimum absolute atomic E-state index is 0.0219. The summed E-state index contributed by atoms with van der Waals surface area (Å²) in [6.45, 7) is 0. The first-order valence-corrected chi connectivity index (χ1v) is 5.62. The molecular weight excluding hydrogens is 282 g/mol. The van der Waals surface area contributed by atoms with E-state index in [1.807, 2.05) is 0 Å². The van der Waals surface area contributed by atoms with E-state index >= 15 is 0 Å². The highest BCUT2D eigenvalue weighted by atomic mass is 16.6. The van der Waals surface area contributed by atoms with Crippen LogP contribution in [0.15, 0.2) is 24.3 Å². The number of aromatic carboxylic acids is 2. The lowest BCUT2D eigenvalue weighted by atomic mass is 9.97. The molecule has 0 bridgehead atoms. The van der Waals surface area contributed by atoms with Crippen LogP contribution in [0.4, 0.5) is 5.69 Å². The van der Waals surface area contributed by atoms with Gasteiger partial charge in [0.05, 0.1) is 17.6 Å². The van der Waals surface area contributed by atoms with Crippen LogP contribution in [0.5, 0.6) is 5.75 Å². The molecule has 2 rings (SSSR count). The van der Waals surface area contributed by atoms with Crippen molar-refractivity contribution in [3.05, 3.63) is 45.5 Å². The van der Waals surface area contributed by atoms with Crippen molar-refractivity contribution in [1.29, 1.82) is 0 Å². The maximum Gasteiger partial charge on any atom is 0.340 e. The number of ether oxygens (including phenoxy) is 1. The minimum Gasteiger partial charge on any atom is -0.496 e. The quantitative estimate of drug-likeness (QED) is 0.652. The molecule has 8 nitrogen and oxygen atoms in total. The molecule has 8 heteroatoms. The van der Waals surface area contributed by atoms with Gasteiger partial charge in [0.2, 0.25) is 0 Å². The van der Waals surface area contributed by atoms with Gasteiger partial charge in [-0.3, -0.25) is 10.1 Å². The number of carboxylic acids is 2. The Balaban J connectivity index is 3.01. The standard InChI is InChI=1S/C13H9NO7/c1-21-9-3-2-6-4-7(14(19)20)5-8(12(15)16)10(6)11(9)13(17)18/h2-5H,1H3,(H,15,16)(H,17,18). The molecule has 2 aromatic carbocycles. The predicted octanol–water partition coefficient (Wildman–Crippen LogP) is 2.15. The number of hydrogen-bond donors (Lipinski definition) is 2. The fourth-order valence-electron chi connectivity index (χ4n) is 2.09. The average Bonchev–Trinajstić information content (AvgIpc) is 2.43. The first kappa shape index (κ1) is 14.3. The van der Waals surface area contributed by atoms with E-state index in [2.05, 4.69) is 0 Å². The summed E-state index contributed by atoms with van der Waals surface area (Å²) >= 11 is 0. The Morgan fingerprint density at radius 3 is 2.33 bits per heavy atom. The Kier molecular flexibility index (Phi) is 3.45. The lowest BCUT2D eigenvalue weighted by molar-refractivity contribution is -0.384. The van der Waals surface area contributed by atoms with Gasteiger partial charge in [-0.25, -0.2) is 9.59 Å². The maximum atomic E-state index is 11.4. The van der Waals surface area contributed by atoms with Crippen molar-refractivity contribution in [3.63, 3.8) is 0 Å². The van der Waals surface area contributed by atoms with Gasteiger partial charge in [0, 0.05) is 17.5 Å². The van der Waals surface area contributed by atoms with Gasteiger partial charge in [-0.15, -0.1) is 0 Å². The molecule has 2 aromatic rings. The molecule has 21 heavy (non-hydrogen) atoms. The largest absolute Gasteiger partial charge is 0.496 e. The van der Waals surface area contributed by atoms with Crippen LogP contribution in [0.2, 0.25) is 0 Å². The second kappa shape index (κ2) is 5.08. The molecule has 0 aromatic heterocycles. The first-order valence-electron chi connectivity index (χ1n) is 5.62. The summed E-state index contributed by atoms with van der Waals surface area (Å²) in [4.78, 5) is 32.8. The number of nitrogens with zero attached hydrogens (tertiary/aromatic N) is 1. The summed E-state index contributed by atoms with van der Waals surface area (Å²) in [5.74, 6) is -2.86. The Morgan fingerprint density at radius 2 is 1.86 bits per heavy atom. The molecule has 0 spiro atoms. The van der Waals surface area contributed by atoms with E-state index in [0.29, 0.717) is 0 Å². The van der Waals surface area contributed by atoms with E-state index in [1.54, 1.807) is 0 Å². The number of hydrogen-bond acceptors (Lipinski definition) is 5. The molecule has 0 saturated heterocycles. The van der Waals surface area contributed by atoms with Crippen molar-refractivity contribution < 1.29 is 29.5 Å². The number of benzene rings is 2. The number of rotatable bonds is 4. The van der Waals surface area contributed by atoms with E-state index in [0.717, 1.165) is 12.1 Å². The van der Waals surface area contributed by atoms with Gasteiger partial charge in [0.1, 0.15) is 11.3 Å². The van der Waals surface area contributed by atoms with E-state index in [1.165, 1.54) is 19.2 Å². The third kappa shape index (κ3) is 2.34. The van der Waals surface area contributed by atoms with Crippen molar-refractivity contribution in [1.82, 2.24) is 0 Å². The van der Waals surface area contributed by atoms with Crippen LogP contribution in [0.25, 0.3) is 10.8 Å². The normalized spacial score (nSPS) is 10.3. The summed E-state index contributed by atoms with van der Waals surface area (Å²) in [5, 5.41) is 29.3. The molecule has 0 radical (unpaired) electrons. The molecule has 0 fully saturated rings. The molecule has 108 valence electrons. The molecule has 0 atom stereocenters. The zero-order valence-corrected chi connectivity index (χ0v) is 10.7. The van der Waals surface area contributed by atoms with Crippen LogP contribution in [0.3, 0.4) is 0 Å². The van der Waals surface area contributed by atoms with Gasteiger partial charge in [0.25, 0.3) is 5.69 Å². The van der Waals surface area contributed by atoms with Crippen LogP contribution in [0.1, 0.15) is 20.7 Å². The van der Waals surface area contributed by atoms with Crippen molar-refractivity contribution in [2.24, 2.45) is 0 Å². The monoisotopic (exact) mass is 291 g/mol. The molecule has 0 aliphatic carbocycles. The number of non-ortho nitro benzene ring substituents is 1. The van der Waals surface area contributed by atoms with Crippen LogP contribution in [0, 0.1) is 10.1 Å². The summed E-state index contributed by atoms with van der Waals surface area (Å²) in [6.07, 6.45) is 0. The lowest BCUT2D eigenvalue weighted by Gasteiger charge is -2.10. The molecular formula is C13H9NO7. The minimum atomic E-state index is -1.46. The summed E-state index contributed by atoms with van der Waals surface area (Å²) in [7, 11) is 1.25. The number of methoxy groups -OCH3 is 1. The predicted molar refractivity (Wildman–Crippen MR) is 71.1 cm³/mol. The highest BCUT2D eigenvalue weighted by Crippen LogP contribution is 2.33. The Bertz CT molecular complexity index is 782. The molecule has 0 heterocycles. The summed E-state index contributed by atoms with van der Waals surface area (Å²) in [5.41, 5.74) is -1.24. The number of nitro groups is 1. The molecule has 0 aliphatic rings. The zero-order chi connectivity index (χ0) is 15.7. The van der Waals surface area contributed by atoms with Crippen molar-refractivity contribution in [2.45, 2.75) is 0 Å². The van der Waals surface area contributed by atoms with Crippen molar-refractivity contribution in [3.8, 4) is 5.75 Å². The number of fused-ring (bicyclic) bond motifs is 1. The molecule has 0 amide bonds. The van der Waals surface area contributed by atoms with Crippen LogP contribution in [-0.4, -0.2) is 34.2 Å². The fourth-order valence-corrected chi connectivity index (χ4v) is 2.09. The SMILES string of the molecule is COc1ccc2cc([N+](=O)[O-])cc(C(=O)O)c2c1C(=O)O. The van der Waals surface area contributed by atoms with E-state index in [9.17, 15) is 29.9 Å². The van der Waals surface area contributed by atoms with Gasteiger partial charge >= 0.3 is 11.9 Å². The fraction of sp³-hybridized carbons (Fsp3) is 0.0769. The summed E-state index contributed by atoms with van der Waals surface area (Å²) < 4.78 is 4.92. The average molecular weight is 291 g/mol. The highest BCUT2D eigenvalue weighted by molar-refractivity contribution is 6.14. The molecule has 0 aliphatic heterocycles. The summed E-state index contributed by atoms with van der Waals surface area (Å²) in [6, 6.07) is 4.64. The van der Waals surface area contributed by atoms with Crippen molar-refractivity contribution in [2.75, 3.05) is 7.11 Å². The second-order valence-corrected chi connectivity index (χ2v) is 4.10. The Hall–Kier alpha value is -3.16. The van der Waals surface area contributed by atoms with Gasteiger partial charge < -0.3 is 14.9 Å². The van der Waals surface area contributed by atoms with Gasteiger partial charge in [-0.1, -0.05) is 6.07 Å². The third-order valence-corrected chi connectivity index (χ3v) is 2.94. The molecule has 2 N–H and O–H groups in total. The molecule has 0 saturated carbocycles. The second-order valence-electron chi connectivity index (χ2n) is 4.10. The highest BCUT2D eigenvalue weighted by Gasteiger charge is 2.24. The van der Waals surface area contributed by atoms with Crippen molar-refractivity contribution >= 4 is 28.4 Å². The lowest BCUT2D eigenvalue weighted by Crippen LogP contribution is -2.07. The first-order chi connectivity index (χ1) is 9.86. The van der Waals surface area contributed by atoms with E-state index in [-0.39, 0.29) is 22.1 Å². The Morgan fingerprint density at radius 1 is 1.19 bits per heavy atom. The number of carbonyl (C=O) groups is 2. The zero-order valence-electron chi connectivity index (χ0n) is 10.7. The number of nitro benzene ring substituents is 1. The topological polar surface area (TPSA) is 127 Å². The van der Waals surface area contributed by atoms with Gasteiger partial charge in [0.15, 0.2) is 0 Å². The number of carboxylic acid groups (broad SMARTS) is 2. The van der Waals surface area contributed by atoms with Crippen LogP contribution in [-0.2, 0) is 0 Å². The van der Waals surface area contributed by atoms with Gasteiger partial charge in [-0.05, 0) is 11.5 Å². The smallest absolute Gasteiger partial charge is 0.340 e. The van der Waals surface area contributed by atoms with Gasteiger partial charge in [-0.2, -0.15) is 0 Å². The van der Waals surface area contributed by atoms with E-state index < -0.39 is 28.1 Å².